The smallest absolute Gasteiger partial charge is 0.206 e. The molecule has 0 atom stereocenters. The van der Waals surface area contributed by atoms with Crippen LogP contribution in [0, 0.1) is 12.7 Å². The highest BCUT2D eigenvalue weighted by Gasteiger charge is 2.20. The predicted molar refractivity (Wildman–Crippen MR) is 110 cm³/mol. The predicted octanol–water partition coefficient (Wildman–Crippen LogP) is 4.05. The Hall–Kier alpha value is -3.39. The molecule has 0 aliphatic carbocycles. The number of ketones is 1. The van der Waals surface area contributed by atoms with Gasteiger partial charge in [0.15, 0.2) is 11.4 Å². The average molecular weight is 423 g/mol. The number of hydrogen-bond donors (Lipinski definition) is 1. The van der Waals surface area contributed by atoms with Crippen LogP contribution in [0.3, 0.4) is 0 Å². The van der Waals surface area contributed by atoms with E-state index in [-0.39, 0.29) is 22.0 Å². The number of aryl methyl sites for hydroxylation is 2. The molecule has 0 saturated heterocycles. The third-order valence-electron chi connectivity index (χ3n) is 4.91. The molecular weight excluding hydrogens is 405 g/mol. The van der Waals surface area contributed by atoms with Crippen LogP contribution >= 0.6 is 0 Å². The summed E-state index contributed by atoms with van der Waals surface area (Å²) in [4.78, 5) is 16.8. The molecule has 0 fully saturated rings. The number of H-pyrrole nitrogens is 1. The van der Waals surface area contributed by atoms with Crippen molar-refractivity contribution in [3.63, 3.8) is 0 Å². The van der Waals surface area contributed by atoms with Gasteiger partial charge in [-0.05, 0) is 60.9 Å². The lowest BCUT2D eigenvalue weighted by Crippen LogP contribution is -2.05. The first-order chi connectivity index (χ1) is 14.3. The van der Waals surface area contributed by atoms with E-state index in [9.17, 15) is 17.6 Å². The third-order valence-corrected chi connectivity index (χ3v) is 6.84. The van der Waals surface area contributed by atoms with Gasteiger partial charge >= 0.3 is 0 Å². The van der Waals surface area contributed by atoms with Gasteiger partial charge in [-0.25, -0.2) is 17.8 Å². The molecule has 0 saturated carbocycles. The Kier molecular flexibility index (Phi) is 5.17. The lowest BCUT2D eigenvalue weighted by molar-refractivity contribution is 0.0982. The number of halogens is 1. The van der Waals surface area contributed by atoms with Gasteiger partial charge in [0, 0.05) is 23.6 Å². The number of Topliss-reactive ketones (excluding diaryl/α,β-unsaturated/α-hetero) is 1. The molecule has 0 unspecified atom stereocenters. The number of benzene rings is 2. The number of carbonyl (C=O) groups is 1. The summed E-state index contributed by atoms with van der Waals surface area (Å²) in [6.45, 7) is 1.56. The zero-order chi connectivity index (χ0) is 21.3. The molecule has 0 spiro atoms. The Morgan fingerprint density at radius 3 is 2.57 bits per heavy atom. The summed E-state index contributed by atoms with van der Waals surface area (Å²) in [6.07, 6.45) is 3.87. The molecule has 0 radical (unpaired) electrons. The number of aromatic amines is 1. The molecule has 2 aromatic heterocycles. The van der Waals surface area contributed by atoms with E-state index in [1.165, 1.54) is 30.5 Å². The highest BCUT2D eigenvalue weighted by Crippen LogP contribution is 2.25. The second-order valence-electron chi connectivity index (χ2n) is 7.01. The number of sulfone groups is 1. The molecule has 0 aliphatic rings. The van der Waals surface area contributed by atoms with Crippen molar-refractivity contribution >= 4 is 26.7 Å². The largest absolute Gasteiger partial charge is 0.294 e. The van der Waals surface area contributed by atoms with Crippen molar-refractivity contribution in [2.45, 2.75) is 29.6 Å². The van der Waals surface area contributed by atoms with Crippen LogP contribution < -0.4 is 0 Å². The van der Waals surface area contributed by atoms with Gasteiger partial charge in [-0.2, -0.15) is 5.10 Å². The summed E-state index contributed by atoms with van der Waals surface area (Å²) in [5.74, 6) is -0.530. The van der Waals surface area contributed by atoms with Gasteiger partial charge in [-0.1, -0.05) is 12.1 Å². The first-order valence-electron chi connectivity index (χ1n) is 9.27. The van der Waals surface area contributed by atoms with Crippen LogP contribution in [0.5, 0.6) is 0 Å². The average Bonchev–Trinajstić information content (AvgIpc) is 3.20. The number of rotatable bonds is 6. The maximum atomic E-state index is 13.3. The number of aromatic nitrogens is 3. The number of carbonyl (C=O) groups excluding carboxylic acids is 1. The van der Waals surface area contributed by atoms with E-state index in [1.54, 1.807) is 31.3 Å². The Morgan fingerprint density at radius 1 is 1.07 bits per heavy atom. The SMILES string of the molecule is Cc1cc(F)ccc1S(=O)(=O)c1ccc(CCC(=O)c2cnc3[nH]ncc3c2)cc1. The zero-order valence-corrected chi connectivity index (χ0v) is 16.9. The maximum absolute atomic E-state index is 13.3. The lowest BCUT2D eigenvalue weighted by Gasteiger charge is -2.09. The Balaban J connectivity index is 1.47. The van der Waals surface area contributed by atoms with E-state index in [4.69, 9.17) is 0 Å². The van der Waals surface area contributed by atoms with Crippen molar-refractivity contribution in [2.75, 3.05) is 0 Å². The number of hydrogen-bond acceptors (Lipinski definition) is 5. The monoisotopic (exact) mass is 423 g/mol. The van der Waals surface area contributed by atoms with Crippen LogP contribution in [0.15, 0.2) is 70.7 Å². The van der Waals surface area contributed by atoms with E-state index >= 15 is 0 Å². The van der Waals surface area contributed by atoms with Crippen LogP contribution in [0.1, 0.15) is 27.9 Å². The molecule has 1 N–H and O–H groups in total. The number of nitrogens with zero attached hydrogens (tertiary/aromatic N) is 2. The highest BCUT2D eigenvalue weighted by molar-refractivity contribution is 7.91. The second kappa shape index (κ2) is 7.79. The minimum absolute atomic E-state index is 0.0516. The van der Waals surface area contributed by atoms with Crippen LogP contribution in [-0.4, -0.2) is 29.4 Å². The standard InChI is InChI=1S/C22H18FN3O3S/c1-14-10-18(23)5-9-21(14)30(28,29)19-6-2-15(3-7-19)4-8-20(27)16-11-17-13-25-26-22(17)24-12-16/h2-3,5-7,9-13H,4,8H2,1H3,(H,24,25,26). The molecule has 8 heteroatoms. The van der Waals surface area contributed by atoms with Crippen molar-refractivity contribution in [2.24, 2.45) is 0 Å². The summed E-state index contributed by atoms with van der Waals surface area (Å²) >= 11 is 0. The van der Waals surface area contributed by atoms with Crippen LogP contribution in [0.4, 0.5) is 4.39 Å². The van der Waals surface area contributed by atoms with Gasteiger partial charge < -0.3 is 0 Å². The summed E-state index contributed by atoms with van der Waals surface area (Å²) in [5.41, 5.74) is 2.33. The second-order valence-corrected chi connectivity index (χ2v) is 8.93. The number of pyridine rings is 1. The fourth-order valence-electron chi connectivity index (χ4n) is 3.27. The van der Waals surface area contributed by atoms with Gasteiger partial charge in [-0.15, -0.1) is 0 Å². The number of fused-ring (bicyclic) bond motifs is 1. The van der Waals surface area contributed by atoms with Gasteiger partial charge in [0.25, 0.3) is 0 Å². The molecule has 30 heavy (non-hydrogen) atoms. The summed E-state index contributed by atoms with van der Waals surface area (Å²) in [7, 11) is -3.74. The topological polar surface area (TPSA) is 92.8 Å². The van der Waals surface area contributed by atoms with Gasteiger partial charge in [0.1, 0.15) is 5.82 Å². The Morgan fingerprint density at radius 2 is 1.83 bits per heavy atom. The molecule has 2 aromatic carbocycles. The van der Waals surface area contributed by atoms with E-state index in [1.807, 2.05) is 0 Å². The third kappa shape index (κ3) is 3.86. The summed E-state index contributed by atoms with van der Waals surface area (Å²) in [6, 6.07) is 11.8. The fraction of sp³-hybridized carbons (Fsp3) is 0.136. The van der Waals surface area contributed by atoms with Crippen molar-refractivity contribution in [1.29, 1.82) is 0 Å². The Labute approximate surface area is 172 Å². The lowest BCUT2D eigenvalue weighted by atomic mass is 10.0. The summed E-state index contributed by atoms with van der Waals surface area (Å²) < 4.78 is 38.9. The van der Waals surface area contributed by atoms with Crippen molar-refractivity contribution in [3.8, 4) is 0 Å². The molecule has 0 aliphatic heterocycles. The highest BCUT2D eigenvalue weighted by atomic mass is 32.2. The maximum Gasteiger partial charge on any atom is 0.206 e. The zero-order valence-electron chi connectivity index (χ0n) is 16.1. The van der Waals surface area contributed by atoms with Gasteiger partial charge in [0.05, 0.1) is 16.0 Å². The minimum atomic E-state index is -3.74. The molecule has 2 heterocycles. The van der Waals surface area contributed by atoms with Gasteiger partial charge in [0.2, 0.25) is 9.84 Å². The Bertz CT molecular complexity index is 1350. The number of nitrogens with one attached hydrogen (secondary N) is 1. The molecule has 6 nitrogen and oxygen atoms in total. The molecule has 0 amide bonds. The van der Waals surface area contributed by atoms with Crippen LogP contribution in [-0.2, 0) is 16.3 Å². The van der Waals surface area contributed by atoms with Gasteiger partial charge in [-0.3, -0.25) is 9.89 Å². The van der Waals surface area contributed by atoms with Crippen molar-refractivity contribution < 1.29 is 17.6 Å². The molecular formula is C22H18FN3O3S. The van der Waals surface area contributed by atoms with E-state index in [0.29, 0.717) is 23.2 Å². The fourth-order valence-corrected chi connectivity index (χ4v) is 4.75. The summed E-state index contributed by atoms with van der Waals surface area (Å²) in [5, 5.41) is 7.40. The van der Waals surface area contributed by atoms with E-state index < -0.39 is 15.7 Å². The van der Waals surface area contributed by atoms with Crippen LogP contribution in [0.2, 0.25) is 0 Å². The molecule has 0 bridgehead atoms. The van der Waals surface area contributed by atoms with Crippen LogP contribution in [0.25, 0.3) is 11.0 Å². The first kappa shape index (κ1) is 19.9. The molecule has 152 valence electrons. The van der Waals surface area contributed by atoms with Crippen molar-refractivity contribution in [3.05, 3.63) is 83.4 Å². The van der Waals surface area contributed by atoms with E-state index in [2.05, 4.69) is 15.2 Å². The van der Waals surface area contributed by atoms with E-state index in [0.717, 1.165) is 17.0 Å². The first-order valence-corrected chi connectivity index (χ1v) is 10.8. The molecule has 4 aromatic rings. The molecule has 4 rings (SSSR count). The normalized spacial score (nSPS) is 11.7. The van der Waals surface area contributed by atoms with Crippen molar-refractivity contribution in [1.82, 2.24) is 15.2 Å². The minimum Gasteiger partial charge on any atom is -0.294 e. The quantitative estimate of drug-likeness (QED) is 0.373.